The highest BCUT2D eigenvalue weighted by molar-refractivity contribution is 5.85. The van der Waals surface area contributed by atoms with Crippen molar-refractivity contribution in [3.63, 3.8) is 0 Å². The summed E-state index contributed by atoms with van der Waals surface area (Å²) in [5.41, 5.74) is 2.44. The molecule has 26 heavy (non-hydrogen) atoms. The van der Waals surface area contributed by atoms with E-state index < -0.39 is 11.3 Å². The van der Waals surface area contributed by atoms with E-state index >= 15 is 0 Å². The molecule has 1 aromatic heterocycles. The third-order valence-corrected chi connectivity index (χ3v) is 5.83. The topological polar surface area (TPSA) is 64.6 Å². The Bertz CT molecular complexity index is 921. The quantitative estimate of drug-likeness (QED) is 0.823. The van der Waals surface area contributed by atoms with Crippen LogP contribution in [0.15, 0.2) is 44.7 Å². The van der Waals surface area contributed by atoms with Crippen LogP contribution in [0.1, 0.15) is 67.1 Å². The van der Waals surface area contributed by atoms with E-state index in [1.54, 1.807) is 0 Å². The molecular formula is C21H24N2O3. The highest BCUT2D eigenvalue weighted by Crippen LogP contribution is 2.48. The predicted octanol–water partition coefficient (Wildman–Crippen LogP) is 3.92. The molecule has 0 N–H and O–H groups in total. The van der Waals surface area contributed by atoms with Crippen molar-refractivity contribution in [2.45, 2.75) is 57.4 Å². The minimum atomic E-state index is -0.590. The summed E-state index contributed by atoms with van der Waals surface area (Å²) in [4.78, 5) is 30.7. The zero-order valence-electron chi connectivity index (χ0n) is 15.3. The van der Waals surface area contributed by atoms with Crippen molar-refractivity contribution in [3.05, 3.63) is 57.9 Å². The molecule has 1 aliphatic carbocycles. The number of nitrogens with zero attached hydrogens (tertiary/aromatic N) is 2. The first-order valence-electron chi connectivity index (χ1n) is 9.41. The molecule has 5 heteroatoms. The summed E-state index contributed by atoms with van der Waals surface area (Å²) in [6, 6.07) is 8.25. The van der Waals surface area contributed by atoms with Gasteiger partial charge >= 0.3 is 5.76 Å². The van der Waals surface area contributed by atoms with Gasteiger partial charge in [0.05, 0.1) is 17.2 Å². The maximum absolute atomic E-state index is 13.5. The molecule has 1 aromatic carbocycles. The lowest BCUT2D eigenvalue weighted by atomic mass is 9.66. The number of benzene rings is 1. The number of hydrogen-bond donors (Lipinski definition) is 0. The van der Waals surface area contributed by atoms with E-state index in [2.05, 4.69) is 12.1 Å². The fraction of sp³-hybridized carbons (Fsp3) is 0.476. The van der Waals surface area contributed by atoms with Gasteiger partial charge in [0.15, 0.2) is 0 Å². The molecule has 0 amide bonds. The van der Waals surface area contributed by atoms with Crippen molar-refractivity contribution in [2.75, 3.05) is 0 Å². The van der Waals surface area contributed by atoms with Gasteiger partial charge in [0, 0.05) is 12.6 Å². The Balaban J connectivity index is 1.84. The summed E-state index contributed by atoms with van der Waals surface area (Å²) in [5.74, 6) is -1.08. The summed E-state index contributed by atoms with van der Waals surface area (Å²) in [7, 11) is 0. The van der Waals surface area contributed by atoms with Crippen LogP contribution in [0.2, 0.25) is 0 Å². The Hall–Kier alpha value is -2.43. The van der Waals surface area contributed by atoms with Crippen LogP contribution in [0.25, 0.3) is 0 Å². The molecule has 2 unspecified atom stereocenters. The SMILES string of the molecule is CC(C)c1coc(=O)n1C(=O)C1CCCCC12N=CCc1ccccc12. The molecule has 5 nitrogen and oxygen atoms in total. The van der Waals surface area contributed by atoms with Crippen LogP contribution < -0.4 is 5.76 Å². The van der Waals surface area contributed by atoms with Crippen LogP contribution in [-0.4, -0.2) is 16.7 Å². The Morgan fingerprint density at radius 2 is 2.12 bits per heavy atom. The minimum absolute atomic E-state index is 0.0343. The molecule has 2 aliphatic rings. The number of hydrogen-bond acceptors (Lipinski definition) is 4. The van der Waals surface area contributed by atoms with Crippen molar-refractivity contribution in [2.24, 2.45) is 10.9 Å². The van der Waals surface area contributed by atoms with Gasteiger partial charge in [-0.2, -0.15) is 0 Å². The van der Waals surface area contributed by atoms with Gasteiger partial charge in [-0.3, -0.25) is 9.79 Å². The Kier molecular flexibility index (Phi) is 4.17. The Morgan fingerprint density at radius 3 is 2.92 bits per heavy atom. The van der Waals surface area contributed by atoms with E-state index in [-0.39, 0.29) is 17.7 Å². The first kappa shape index (κ1) is 17.0. The van der Waals surface area contributed by atoms with Crippen LogP contribution in [0.4, 0.5) is 0 Å². The lowest BCUT2D eigenvalue weighted by molar-refractivity contribution is 0.0675. The lowest BCUT2D eigenvalue weighted by Gasteiger charge is -2.43. The maximum Gasteiger partial charge on any atom is 0.426 e. The number of carbonyl (C=O) groups is 1. The van der Waals surface area contributed by atoms with Crippen molar-refractivity contribution in [1.29, 1.82) is 0 Å². The van der Waals surface area contributed by atoms with Crippen LogP contribution in [-0.2, 0) is 12.0 Å². The van der Waals surface area contributed by atoms with Crippen LogP contribution >= 0.6 is 0 Å². The fourth-order valence-electron chi connectivity index (χ4n) is 4.55. The Labute approximate surface area is 152 Å². The van der Waals surface area contributed by atoms with Crippen LogP contribution in [0.5, 0.6) is 0 Å². The van der Waals surface area contributed by atoms with Crippen molar-refractivity contribution < 1.29 is 9.21 Å². The van der Waals surface area contributed by atoms with Crippen molar-refractivity contribution in [3.8, 4) is 0 Å². The van der Waals surface area contributed by atoms with Gasteiger partial charge in [0.2, 0.25) is 5.91 Å². The second-order valence-electron chi connectivity index (χ2n) is 7.65. The summed E-state index contributed by atoms with van der Waals surface area (Å²) in [5, 5.41) is 0. The average molecular weight is 352 g/mol. The first-order valence-corrected chi connectivity index (χ1v) is 9.41. The second kappa shape index (κ2) is 6.38. The predicted molar refractivity (Wildman–Crippen MR) is 100.0 cm³/mol. The van der Waals surface area contributed by atoms with E-state index in [1.165, 1.54) is 16.4 Å². The second-order valence-corrected chi connectivity index (χ2v) is 7.65. The molecule has 4 rings (SSSR count). The summed E-state index contributed by atoms with van der Waals surface area (Å²) >= 11 is 0. The first-order chi connectivity index (χ1) is 12.5. The molecule has 0 bridgehead atoms. The number of aliphatic imine (C=N–C) groups is 1. The maximum atomic E-state index is 13.5. The van der Waals surface area contributed by atoms with E-state index in [0.717, 1.165) is 37.7 Å². The smallest absolute Gasteiger partial charge is 0.416 e. The van der Waals surface area contributed by atoms with Gasteiger partial charge in [-0.05, 0) is 29.9 Å². The zero-order valence-corrected chi connectivity index (χ0v) is 15.3. The third kappa shape index (κ3) is 2.49. The van der Waals surface area contributed by atoms with Crippen molar-refractivity contribution in [1.82, 2.24) is 4.57 Å². The molecule has 2 heterocycles. The normalized spacial score (nSPS) is 24.8. The number of fused-ring (bicyclic) bond motifs is 2. The van der Waals surface area contributed by atoms with Gasteiger partial charge in [0.25, 0.3) is 0 Å². The molecule has 1 fully saturated rings. The molecule has 1 saturated carbocycles. The lowest BCUT2D eigenvalue weighted by Crippen LogP contribution is -2.46. The van der Waals surface area contributed by atoms with Gasteiger partial charge in [-0.1, -0.05) is 51.0 Å². The van der Waals surface area contributed by atoms with Gasteiger partial charge in [-0.15, -0.1) is 0 Å². The summed E-state index contributed by atoms with van der Waals surface area (Å²) in [6.45, 7) is 3.91. The van der Waals surface area contributed by atoms with Crippen LogP contribution in [0, 0.1) is 5.92 Å². The van der Waals surface area contributed by atoms with E-state index in [9.17, 15) is 9.59 Å². The average Bonchev–Trinajstić information content (AvgIpc) is 3.04. The highest BCUT2D eigenvalue weighted by atomic mass is 16.4. The number of aromatic nitrogens is 1. The zero-order chi connectivity index (χ0) is 18.3. The molecule has 1 aliphatic heterocycles. The minimum Gasteiger partial charge on any atom is -0.416 e. The molecule has 136 valence electrons. The molecule has 0 radical (unpaired) electrons. The summed E-state index contributed by atoms with van der Waals surface area (Å²) < 4.78 is 6.31. The van der Waals surface area contributed by atoms with E-state index in [0.29, 0.717) is 5.69 Å². The largest absolute Gasteiger partial charge is 0.426 e. The van der Waals surface area contributed by atoms with Crippen molar-refractivity contribution >= 4 is 12.1 Å². The monoisotopic (exact) mass is 352 g/mol. The van der Waals surface area contributed by atoms with Gasteiger partial charge in [-0.25, -0.2) is 9.36 Å². The third-order valence-electron chi connectivity index (χ3n) is 5.83. The molecular weight excluding hydrogens is 328 g/mol. The van der Waals surface area contributed by atoms with E-state index in [1.807, 2.05) is 32.2 Å². The molecule has 0 saturated heterocycles. The summed E-state index contributed by atoms with van der Waals surface area (Å²) in [6.07, 6.45) is 7.72. The van der Waals surface area contributed by atoms with Gasteiger partial charge < -0.3 is 4.42 Å². The number of carbonyl (C=O) groups excluding carboxylic acids is 1. The van der Waals surface area contributed by atoms with Crippen LogP contribution in [0.3, 0.4) is 0 Å². The standard InChI is InChI=1S/C21H24N2O3/c1-14(2)18-13-26-20(25)23(18)19(24)17-9-5-6-11-21(17)16-8-4-3-7-15(16)10-12-22-21/h3-4,7-8,12-14,17H,5-6,9-11H2,1-2H3. The fourth-order valence-corrected chi connectivity index (χ4v) is 4.55. The highest BCUT2D eigenvalue weighted by Gasteiger charge is 2.48. The molecule has 2 atom stereocenters. The molecule has 1 spiro atoms. The Morgan fingerprint density at radius 1 is 1.31 bits per heavy atom. The van der Waals surface area contributed by atoms with E-state index in [4.69, 9.17) is 9.41 Å². The number of rotatable bonds is 2. The number of oxazole rings is 1. The van der Waals surface area contributed by atoms with Gasteiger partial charge in [0.1, 0.15) is 6.26 Å². The molecule has 2 aromatic rings.